The Kier molecular flexibility index (Phi) is 5.37. The highest BCUT2D eigenvalue weighted by molar-refractivity contribution is 5.94. The molecule has 2 aromatic rings. The van der Waals surface area contributed by atoms with Gasteiger partial charge in [-0.15, -0.1) is 0 Å². The summed E-state index contributed by atoms with van der Waals surface area (Å²) >= 11 is 0. The van der Waals surface area contributed by atoms with E-state index < -0.39 is 6.09 Å². The van der Waals surface area contributed by atoms with Crippen LogP contribution in [0.25, 0.3) is 11.4 Å². The average molecular weight is 387 g/mol. The predicted octanol–water partition coefficient (Wildman–Crippen LogP) is 2.77. The largest absolute Gasteiger partial charge is 0.465 e. The molecule has 3 rings (SSSR count). The van der Waals surface area contributed by atoms with Crippen LogP contribution < -0.4 is 10.6 Å². The minimum Gasteiger partial charge on any atom is -0.465 e. The summed E-state index contributed by atoms with van der Waals surface area (Å²) in [6.07, 6.45) is -0.495. The molecule has 0 bridgehead atoms. The summed E-state index contributed by atoms with van der Waals surface area (Å²) in [4.78, 5) is 31.6. The lowest BCUT2D eigenvalue weighted by atomic mass is 9.88. The van der Waals surface area contributed by atoms with Crippen LogP contribution in [0.15, 0.2) is 22.7 Å². The summed E-state index contributed by atoms with van der Waals surface area (Å²) < 4.78 is 5.08. The van der Waals surface area contributed by atoms with Crippen molar-refractivity contribution in [2.45, 2.75) is 58.8 Å². The van der Waals surface area contributed by atoms with Crippen LogP contribution in [0.5, 0.6) is 0 Å². The Morgan fingerprint density at radius 2 is 2.14 bits per heavy atom. The molecular weight excluding hydrogens is 362 g/mol. The second kappa shape index (κ2) is 7.59. The molecule has 9 nitrogen and oxygen atoms in total. The molecule has 1 aliphatic heterocycles. The molecule has 9 heteroatoms. The van der Waals surface area contributed by atoms with Crippen molar-refractivity contribution in [1.29, 1.82) is 0 Å². The van der Waals surface area contributed by atoms with Gasteiger partial charge in [-0.3, -0.25) is 9.69 Å². The zero-order chi connectivity index (χ0) is 20.6. The Labute approximate surface area is 163 Å². The Bertz CT molecular complexity index is 894. The van der Waals surface area contributed by atoms with Gasteiger partial charge in [0.15, 0.2) is 0 Å². The normalized spacial score (nSPS) is 18.9. The third kappa shape index (κ3) is 3.45. The number of carbonyl (C=O) groups excluding carboxylic acids is 1. The van der Waals surface area contributed by atoms with E-state index in [1.165, 1.54) is 11.8 Å². The topological polar surface area (TPSA) is 126 Å². The van der Waals surface area contributed by atoms with Crippen LogP contribution >= 0.6 is 0 Å². The molecule has 2 heterocycles. The van der Waals surface area contributed by atoms with Crippen molar-refractivity contribution in [2.75, 3.05) is 4.90 Å². The summed E-state index contributed by atoms with van der Waals surface area (Å²) in [5, 5.41) is 13.7. The van der Waals surface area contributed by atoms with Gasteiger partial charge in [0.2, 0.25) is 17.6 Å². The van der Waals surface area contributed by atoms with Gasteiger partial charge in [0, 0.05) is 30.3 Å². The molecule has 0 saturated carbocycles. The van der Waals surface area contributed by atoms with E-state index in [1.54, 1.807) is 11.0 Å². The molecule has 150 valence electrons. The molecule has 28 heavy (non-hydrogen) atoms. The first-order chi connectivity index (χ1) is 13.2. The van der Waals surface area contributed by atoms with E-state index in [0.717, 1.165) is 5.56 Å². The fraction of sp³-hybridized carbons (Fsp3) is 0.474. The smallest absolute Gasteiger partial charge is 0.408 e. The van der Waals surface area contributed by atoms with Gasteiger partial charge in [-0.1, -0.05) is 5.16 Å². The van der Waals surface area contributed by atoms with Gasteiger partial charge in [-0.25, -0.2) is 4.79 Å². The predicted molar refractivity (Wildman–Crippen MR) is 103 cm³/mol. The van der Waals surface area contributed by atoms with Gasteiger partial charge in [-0.05, 0) is 51.0 Å². The number of hydrogen-bond donors (Lipinski definition) is 2. The lowest BCUT2D eigenvalue weighted by Crippen LogP contribution is -2.48. The Balaban J connectivity index is 2.15. The van der Waals surface area contributed by atoms with Crippen LogP contribution in [0.2, 0.25) is 0 Å². The summed E-state index contributed by atoms with van der Waals surface area (Å²) in [5.74, 6) is 0.607. The van der Waals surface area contributed by atoms with E-state index in [4.69, 9.17) is 10.3 Å². The molecule has 0 spiro atoms. The summed E-state index contributed by atoms with van der Waals surface area (Å²) in [6, 6.07) is 4.72. The monoisotopic (exact) mass is 387 g/mol. The number of amides is 2. The summed E-state index contributed by atoms with van der Waals surface area (Å²) in [6.45, 7) is 7.26. The second-order valence-electron chi connectivity index (χ2n) is 7.26. The van der Waals surface area contributed by atoms with Crippen LogP contribution in [0.3, 0.4) is 0 Å². The maximum absolute atomic E-state index is 12.3. The van der Waals surface area contributed by atoms with Crippen molar-refractivity contribution in [3.8, 4) is 11.4 Å². The Morgan fingerprint density at radius 3 is 2.68 bits per heavy atom. The van der Waals surface area contributed by atoms with E-state index in [9.17, 15) is 14.7 Å². The number of carboxylic acid groups (broad SMARTS) is 1. The molecule has 0 radical (unpaired) electrons. The number of benzene rings is 1. The SMILES string of the molecule is CC(=O)N1c2ccc(-c3noc(CN)n3)cc2[C@H](N(C(=O)O)C(C)C)C[C@@H]1C. The molecule has 1 aromatic carbocycles. The average Bonchev–Trinajstić information content (AvgIpc) is 3.09. The van der Waals surface area contributed by atoms with Crippen molar-refractivity contribution in [3.05, 3.63) is 29.7 Å². The number of carbonyl (C=O) groups is 2. The molecule has 1 aromatic heterocycles. The molecule has 0 fully saturated rings. The minimum atomic E-state index is -0.996. The van der Waals surface area contributed by atoms with Gasteiger partial charge >= 0.3 is 6.09 Å². The first kappa shape index (κ1) is 19.8. The quantitative estimate of drug-likeness (QED) is 0.826. The zero-order valence-electron chi connectivity index (χ0n) is 16.4. The van der Waals surface area contributed by atoms with Crippen LogP contribution in [-0.4, -0.2) is 44.2 Å². The second-order valence-corrected chi connectivity index (χ2v) is 7.26. The highest BCUT2D eigenvalue weighted by Crippen LogP contribution is 2.42. The third-order valence-electron chi connectivity index (χ3n) is 5.00. The van der Waals surface area contributed by atoms with Gasteiger partial charge in [0.1, 0.15) is 0 Å². The zero-order valence-corrected chi connectivity index (χ0v) is 16.4. The van der Waals surface area contributed by atoms with E-state index in [1.807, 2.05) is 32.9 Å². The number of nitrogens with zero attached hydrogens (tertiary/aromatic N) is 4. The summed E-state index contributed by atoms with van der Waals surface area (Å²) in [5.41, 5.74) is 7.67. The molecule has 2 amide bonds. The van der Waals surface area contributed by atoms with E-state index in [2.05, 4.69) is 10.1 Å². The first-order valence-electron chi connectivity index (χ1n) is 9.22. The standard InChI is InChI=1S/C19H25N5O4/c1-10(2)23(19(26)27)16-7-11(3)24(12(4)25)15-6-5-13(8-14(15)16)18-21-17(9-20)28-22-18/h5-6,8,10-11,16H,7,9,20H2,1-4H3,(H,26,27)/t11-,16+/m0/s1. The number of rotatable bonds is 4. The van der Waals surface area contributed by atoms with E-state index in [0.29, 0.717) is 29.4 Å². The highest BCUT2D eigenvalue weighted by atomic mass is 16.5. The van der Waals surface area contributed by atoms with Gasteiger partial charge in [0.05, 0.1) is 12.6 Å². The first-order valence-corrected chi connectivity index (χ1v) is 9.22. The minimum absolute atomic E-state index is 0.0867. The van der Waals surface area contributed by atoms with E-state index in [-0.39, 0.29) is 30.6 Å². The third-order valence-corrected chi connectivity index (χ3v) is 5.00. The fourth-order valence-corrected chi connectivity index (χ4v) is 3.89. The van der Waals surface area contributed by atoms with Crippen LogP contribution in [0.1, 0.15) is 51.6 Å². The lowest BCUT2D eigenvalue weighted by Gasteiger charge is -2.43. The molecule has 3 N–H and O–H groups in total. The lowest BCUT2D eigenvalue weighted by molar-refractivity contribution is -0.117. The summed E-state index contributed by atoms with van der Waals surface area (Å²) in [7, 11) is 0. The molecule has 2 atom stereocenters. The van der Waals surface area contributed by atoms with Crippen molar-refractivity contribution >= 4 is 17.7 Å². The number of fused-ring (bicyclic) bond motifs is 1. The van der Waals surface area contributed by atoms with Crippen molar-refractivity contribution < 1.29 is 19.2 Å². The molecule has 0 saturated heterocycles. The van der Waals surface area contributed by atoms with Gasteiger partial charge in [-0.2, -0.15) is 4.98 Å². The molecule has 0 unspecified atom stereocenters. The maximum Gasteiger partial charge on any atom is 0.408 e. The van der Waals surface area contributed by atoms with Crippen molar-refractivity contribution in [2.24, 2.45) is 5.73 Å². The van der Waals surface area contributed by atoms with Crippen molar-refractivity contribution in [1.82, 2.24) is 15.0 Å². The molecule has 0 aliphatic carbocycles. The number of anilines is 1. The van der Waals surface area contributed by atoms with Gasteiger partial charge in [0.25, 0.3) is 0 Å². The van der Waals surface area contributed by atoms with Crippen LogP contribution in [-0.2, 0) is 11.3 Å². The number of nitrogens with two attached hydrogens (primary N) is 1. The number of hydrogen-bond acceptors (Lipinski definition) is 6. The fourth-order valence-electron chi connectivity index (χ4n) is 3.89. The molecular formula is C19H25N5O4. The Morgan fingerprint density at radius 1 is 1.43 bits per heavy atom. The van der Waals surface area contributed by atoms with Crippen LogP contribution in [0.4, 0.5) is 10.5 Å². The maximum atomic E-state index is 12.3. The van der Waals surface area contributed by atoms with Crippen LogP contribution in [0, 0.1) is 0 Å². The van der Waals surface area contributed by atoms with Gasteiger partial charge < -0.3 is 20.3 Å². The number of aromatic nitrogens is 2. The van der Waals surface area contributed by atoms with Crippen molar-refractivity contribution in [3.63, 3.8) is 0 Å². The van der Waals surface area contributed by atoms with E-state index >= 15 is 0 Å². The highest BCUT2D eigenvalue weighted by Gasteiger charge is 2.38. The molecule has 1 aliphatic rings. The Hall–Kier alpha value is -2.94.